The Bertz CT molecular complexity index is 3140. The summed E-state index contributed by atoms with van der Waals surface area (Å²) in [5.74, 6) is -2.36. The smallest absolute Gasteiger partial charge is 0.347 e. The SMILES string of the molecule is COc1ccc(C23C(=O)N(Nc4ccc(Cl)cc4Cl)C(=O)C2CC2C(=CCn4c(=O)n(CCc5nc6cc(OC)c(OC)cc6n(C)c5=O)c(=O)n42)C3c2c(O)cccc2OC)cc1. The van der Waals surface area contributed by atoms with Crippen LogP contribution in [0.2, 0.25) is 10.0 Å². The molecule has 2 N–H and O–H groups in total. The van der Waals surface area contributed by atoms with E-state index >= 15 is 9.59 Å². The molecule has 1 aliphatic carbocycles. The maximum atomic E-state index is 15.6. The molecule has 6 aromatic rings. The number of hydrazine groups is 1. The molecule has 0 spiro atoms. The number of ether oxygens (including phenoxy) is 4. The van der Waals surface area contributed by atoms with E-state index in [4.69, 9.17) is 42.1 Å². The first kappa shape index (κ1) is 42.3. The zero-order chi connectivity index (χ0) is 45.4. The number of methoxy groups -OCH3 is 4. The third kappa shape index (κ3) is 6.27. The number of carbonyl (C=O) groups excluding carboxylic acids is 2. The number of amides is 2. The largest absolute Gasteiger partial charge is 0.508 e. The molecular formula is C45H41Cl2N7O10. The number of nitrogens with zero attached hydrogens (tertiary/aromatic N) is 6. The average Bonchev–Trinajstić information content (AvgIpc) is 3.67. The Balaban J connectivity index is 1.20. The lowest BCUT2D eigenvalue weighted by Gasteiger charge is -2.49. The summed E-state index contributed by atoms with van der Waals surface area (Å²) in [7, 11) is 7.49. The van der Waals surface area contributed by atoms with Gasteiger partial charge in [-0.3, -0.25) is 19.8 Å². The van der Waals surface area contributed by atoms with Crippen LogP contribution in [0.3, 0.4) is 0 Å². The normalized spacial score (nSPS) is 20.1. The molecule has 4 heterocycles. The molecule has 2 aliphatic heterocycles. The lowest BCUT2D eigenvalue weighted by molar-refractivity contribution is -0.138. The van der Waals surface area contributed by atoms with Crippen LogP contribution >= 0.6 is 23.2 Å². The summed E-state index contributed by atoms with van der Waals surface area (Å²) < 4.78 is 27.2. The summed E-state index contributed by atoms with van der Waals surface area (Å²) >= 11 is 12.8. The van der Waals surface area contributed by atoms with Crippen LogP contribution in [0.15, 0.2) is 98.8 Å². The number of fused-ring (bicyclic) bond motifs is 5. The number of halogens is 2. The van der Waals surface area contributed by atoms with Crippen LogP contribution in [0.4, 0.5) is 5.69 Å². The number of nitrogens with one attached hydrogen (secondary N) is 1. The first-order valence-electron chi connectivity index (χ1n) is 20.1. The number of aryl methyl sites for hydroxylation is 2. The van der Waals surface area contributed by atoms with Gasteiger partial charge in [0.25, 0.3) is 17.4 Å². The van der Waals surface area contributed by atoms with E-state index in [1.54, 1.807) is 67.7 Å². The van der Waals surface area contributed by atoms with Gasteiger partial charge in [-0.25, -0.2) is 28.5 Å². The van der Waals surface area contributed by atoms with Crippen molar-refractivity contribution in [3.05, 3.63) is 143 Å². The van der Waals surface area contributed by atoms with E-state index in [-0.39, 0.29) is 59.4 Å². The highest BCUT2D eigenvalue weighted by Crippen LogP contribution is 2.64. The minimum absolute atomic E-state index is 0.0805. The molecule has 17 nitrogen and oxygen atoms in total. The highest BCUT2D eigenvalue weighted by Gasteiger charge is 2.69. The number of allylic oxidation sites excluding steroid dienone is 2. The Morgan fingerprint density at radius 2 is 1.58 bits per heavy atom. The van der Waals surface area contributed by atoms with Crippen LogP contribution in [-0.4, -0.2) is 73.9 Å². The number of hydrogen-bond acceptors (Lipinski definition) is 12. The van der Waals surface area contributed by atoms with Gasteiger partial charge in [0.1, 0.15) is 22.9 Å². The van der Waals surface area contributed by atoms with Gasteiger partial charge in [0, 0.05) is 48.6 Å². The van der Waals surface area contributed by atoms with E-state index in [9.17, 15) is 19.5 Å². The molecule has 1 saturated carbocycles. The molecule has 4 atom stereocenters. The Hall–Kier alpha value is -6.98. The highest BCUT2D eigenvalue weighted by molar-refractivity contribution is 6.36. The topological polar surface area (TPSA) is 190 Å². The number of rotatable bonds is 11. The lowest BCUT2D eigenvalue weighted by atomic mass is 9.53. The number of hydrogen-bond donors (Lipinski definition) is 2. The molecule has 4 aromatic carbocycles. The van der Waals surface area contributed by atoms with Crippen LogP contribution < -0.4 is 41.3 Å². The van der Waals surface area contributed by atoms with Crippen LogP contribution in [-0.2, 0) is 41.6 Å². The van der Waals surface area contributed by atoms with Gasteiger partial charge in [-0.15, -0.1) is 0 Å². The molecule has 3 aliphatic rings. The summed E-state index contributed by atoms with van der Waals surface area (Å²) in [6.07, 6.45) is 1.56. The number of phenols is 1. The van der Waals surface area contributed by atoms with E-state index in [1.165, 1.54) is 60.6 Å². The van der Waals surface area contributed by atoms with Crippen molar-refractivity contribution in [2.24, 2.45) is 13.0 Å². The summed E-state index contributed by atoms with van der Waals surface area (Å²) in [6, 6.07) is 18.3. The van der Waals surface area contributed by atoms with Crippen LogP contribution in [0.5, 0.6) is 28.7 Å². The molecule has 0 radical (unpaired) electrons. The molecule has 2 amide bonds. The van der Waals surface area contributed by atoms with Gasteiger partial charge in [-0.05, 0) is 60.0 Å². The number of carbonyl (C=O) groups is 2. The molecular weight excluding hydrogens is 869 g/mol. The number of benzene rings is 4. The summed E-state index contributed by atoms with van der Waals surface area (Å²) in [5, 5.41) is 13.2. The van der Waals surface area contributed by atoms with Crippen molar-refractivity contribution in [2.45, 2.75) is 43.3 Å². The fraction of sp³-hybridized carbons (Fsp3) is 0.289. The third-order valence-corrected chi connectivity index (χ3v) is 13.2. The number of anilines is 1. The molecule has 64 heavy (non-hydrogen) atoms. The average molecular weight is 911 g/mol. The van der Waals surface area contributed by atoms with Crippen LogP contribution in [0.25, 0.3) is 11.0 Å². The Labute approximate surface area is 374 Å². The zero-order valence-corrected chi connectivity index (χ0v) is 36.6. The van der Waals surface area contributed by atoms with Crippen molar-refractivity contribution < 1.29 is 33.6 Å². The van der Waals surface area contributed by atoms with Gasteiger partial charge < -0.3 is 28.6 Å². The minimum Gasteiger partial charge on any atom is -0.508 e. The van der Waals surface area contributed by atoms with Crippen molar-refractivity contribution in [1.82, 2.24) is 28.5 Å². The maximum Gasteiger partial charge on any atom is 0.347 e. The number of phenolic OH excluding ortho intramolecular Hbond substituents is 1. The third-order valence-electron chi connectivity index (χ3n) is 12.7. The van der Waals surface area contributed by atoms with Crippen molar-refractivity contribution in [1.29, 1.82) is 0 Å². The van der Waals surface area contributed by atoms with E-state index in [0.717, 1.165) is 9.58 Å². The van der Waals surface area contributed by atoms with E-state index in [2.05, 4.69) is 10.4 Å². The highest BCUT2D eigenvalue weighted by atomic mass is 35.5. The predicted octanol–water partition coefficient (Wildman–Crippen LogP) is 4.97. The number of imide groups is 1. The van der Waals surface area contributed by atoms with Crippen molar-refractivity contribution in [3.63, 3.8) is 0 Å². The van der Waals surface area contributed by atoms with Gasteiger partial charge in [0.15, 0.2) is 11.5 Å². The zero-order valence-electron chi connectivity index (χ0n) is 35.1. The lowest BCUT2D eigenvalue weighted by Crippen LogP contribution is -2.53. The van der Waals surface area contributed by atoms with Gasteiger partial charge >= 0.3 is 11.4 Å². The Morgan fingerprint density at radius 3 is 2.27 bits per heavy atom. The molecule has 9 rings (SSSR count). The Morgan fingerprint density at radius 1 is 0.859 bits per heavy atom. The molecule has 4 unspecified atom stereocenters. The van der Waals surface area contributed by atoms with Gasteiger partial charge in [-0.2, -0.15) is 5.01 Å². The van der Waals surface area contributed by atoms with Crippen LogP contribution in [0, 0.1) is 5.92 Å². The summed E-state index contributed by atoms with van der Waals surface area (Å²) in [4.78, 5) is 77.9. The van der Waals surface area contributed by atoms with Crippen LogP contribution in [0.1, 0.15) is 35.2 Å². The molecule has 2 aromatic heterocycles. The van der Waals surface area contributed by atoms with E-state index in [0.29, 0.717) is 44.4 Å². The quantitative estimate of drug-likeness (QED) is 0.131. The fourth-order valence-corrected chi connectivity index (χ4v) is 10.2. The van der Waals surface area contributed by atoms with Gasteiger partial charge in [0.2, 0.25) is 0 Å². The molecule has 330 valence electrons. The van der Waals surface area contributed by atoms with E-state index < -0.39 is 52.0 Å². The monoisotopic (exact) mass is 909 g/mol. The maximum absolute atomic E-state index is 15.6. The first-order valence-corrected chi connectivity index (χ1v) is 20.9. The second kappa shape index (κ2) is 16.0. The number of aromatic hydroxyl groups is 1. The molecule has 0 bridgehead atoms. The second-order valence-electron chi connectivity index (χ2n) is 15.7. The summed E-state index contributed by atoms with van der Waals surface area (Å²) in [6.45, 7) is -0.314. The first-order chi connectivity index (χ1) is 30.8. The van der Waals surface area contributed by atoms with Crippen molar-refractivity contribution in [2.75, 3.05) is 33.9 Å². The van der Waals surface area contributed by atoms with E-state index in [1.807, 2.05) is 0 Å². The fourth-order valence-electron chi connectivity index (χ4n) is 9.75. The van der Waals surface area contributed by atoms with Crippen molar-refractivity contribution in [3.8, 4) is 28.7 Å². The molecule has 1 saturated heterocycles. The minimum atomic E-state index is -1.77. The molecule has 19 heteroatoms. The second-order valence-corrected chi connectivity index (χ2v) is 16.5. The summed E-state index contributed by atoms with van der Waals surface area (Å²) in [5.41, 5.74) is 1.77. The standard InChI is InChI=1S/C45H41Cl2N7O10/c1-50-33-22-37(64-5)36(63-4)21-31(33)48-30(41(50)57)16-17-51-43(59)52-18-15-26-32(54(52)44(51)60)20-27-40(56)53(49-29-14-11-24(46)19-28(29)47)42(58)45(27,23-9-12-25(61-2)13-10-23)39(26)38-34(55)7-6-8-35(38)62-3/h6-15,19,21-22,27,32,39,49,55H,16-18,20H2,1-5H3. The Kier molecular flexibility index (Phi) is 10.6. The van der Waals surface area contributed by atoms with Gasteiger partial charge in [0.05, 0.1) is 74.1 Å². The van der Waals surface area contributed by atoms with Crippen molar-refractivity contribution >= 4 is 51.7 Å². The predicted molar refractivity (Wildman–Crippen MR) is 236 cm³/mol. The number of aromatic nitrogens is 5. The van der Waals surface area contributed by atoms with Gasteiger partial charge in [-0.1, -0.05) is 47.5 Å². The molecule has 2 fully saturated rings.